The summed E-state index contributed by atoms with van der Waals surface area (Å²) in [4.78, 5) is 12.2. The van der Waals surface area contributed by atoms with E-state index in [4.69, 9.17) is 0 Å². The summed E-state index contributed by atoms with van der Waals surface area (Å²) in [7, 11) is -3.23. The standard InChI is InChI=1S/C17H22N4O3S/c1-13-4-6-14(7-5-13)17(22)18-11-15-10-16-12-20(25(2,23)24)8-3-9-21(16)19-15/h4-7,10H,3,8-9,11-12H2,1-2H3,(H,18,22). The second-order valence-electron chi connectivity index (χ2n) is 6.35. The van der Waals surface area contributed by atoms with Crippen molar-refractivity contribution in [3.63, 3.8) is 0 Å². The molecular formula is C17H22N4O3S. The third-order valence-corrected chi connectivity index (χ3v) is 5.49. The van der Waals surface area contributed by atoms with Crippen LogP contribution < -0.4 is 5.32 Å². The lowest BCUT2D eigenvalue weighted by molar-refractivity contribution is 0.0950. The van der Waals surface area contributed by atoms with Crippen molar-refractivity contribution in [1.29, 1.82) is 0 Å². The van der Waals surface area contributed by atoms with Gasteiger partial charge in [0.05, 0.1) is 30.7 Å². The van der Waals surface area contributed by atoms with Crippen LogP contribution in [0.3, 0.4) is 0 Å². The molecule has 1 aromatic carbocycles. The molecule has 7 nitrogen and oxygen atoms in total. The number of sulfonamides is 1. The number of hydrogen-bond acceptors (Lipinski definition) is 4. The molecule has 0 aliphatic carbocycles. The van der Waals surface area contributed by atoms with Gasteiger partial charge in [-0.3, -0.25) is 9.48 Å². The number of rotatable bonds is 4. The molecule has 0 radical (unpaired) electrons. The Hall–Kier alpha value is -2.19. The van der Waals surface area contributed by atoms with Crippen LogP contribution >= 0.6 is 0 Å². The van der Waals surface area contributed by atoms with Gasteiger partial charge in [0.2, 0.25) is 10.0 Å². The average Bonchev–Trinajstić information content (AvgIpc) is 2.82. The maximum Gasteiger partial charge on any atom is 0.251 e. The molecule has 8 heteroatoms. The van der Waals surface area contributed by atoms with Crippen molar-refractivity contribution in [3.05, 3.63) is 52.8 Å². The zero-order valence-corrected chi connectivity index (χ0v) is 15.2. The van der Waals surface area contributed by atoms with Gasteiger partial charge in [0, 0.05) is 18.7 Å². The van der Waals surface area contributed by atoms with Crippen LogP contribution in [-0.4, -0.2) is 41.2 Å². The first-order chi connectivity index (χ1) is 11.8. The highest BCUT2D eigenvalue weighted by molar-refractivity contribution is 7.88. The molecule has 0 saturated heterocycles. The lowest BCUT2D eigenvalue weighted by Gasteiger charge is -2.16. The topological polar surface area (TPSA) is 84.3 Å². The van der Waals surface area contributed by atoms with E-state index in [9.17, 15) is 13.2 Å². The number of nitrogens with zero attached hydrogens (tertiary/aromatic N) is 3. The van der Waals surface area contributed by atoms with Crippen molar-refractivity contribution in [2.24, 2.45) is 0 Å². The first-order valence-electron chi connectivity index (χ1n) is 8.18. The lowest BCUT2D eigenvalue weighted by atomic mass is 10.1. The molecule has 0 fully saturated rings. The normalized spacial score (nSPS) is 15.4. The van der Waals surface area contributed by atoms with Crippen LogP contribution in [0.5, 0.6) is 0 Å². The first kappa shape index (κ1) is 17.6. The summed E-state index contributed by atoms with van der Waals surface area (Å²) in [5, 5.41) is 7.34. The average molecular weight is 362 g/mol. The van der Waals surface area contributed by atoms with Gasteiger partial charge in [-0.2, -0.15) is 9.40 Å². The summed E-state index contributed by atoms with van der Waals surface area (Å²) >= 11 is 0. The highest BCUT2D eigenvalue weighted by Gasteiger charge is 2.22. The summed E-state index contributed by atoms with van der Waals surface area (Å²) in [6.45, 7) is 3.78. The number of carbonyl (C=O) groups excluding carboxylic acids is 1. The number of aromatic nitrogens is 2. The Bertz CT molecular complexity index is 872. The van der Waals surface area contributed by atoms with Gasteiger partial charge in [0.15, 0.2) is 0 Å². The van der Waals surface area contributed by atoms with Gasteiger partial charge in [0.1, 0.15) is 0 Å². The Kier molecular flexibility index (Phi) is 4.91. The number of amides is 1. The third-order valence-electron chi connectivity index (χ3n) is 4.24. The molecule has 1 N–H and O–H groups in total. The quantitative estimate of drug-likeness (QED) is 0.888. The molecule has 0 spiro atoms. The number of hydrogen-bond donors (Lipinski definition) is 1. The minimum Gasteiger partial charge on any atom is -0.346 e. The molecule has 0 unspecified atom stereocenters. The van der Waals surface area contributed by atoms with E-state index in [0.29, 0.717) is 31.7 Å². The second kappa shape index (κ2) is 6.97. The fourth-order valence-electron chi connectivity index (χ4n) is 2.84. The Balaban J connectivity index is 1.67. The molecule has 1 aromatic heterocycles. The Morgan fingerprint density at radius 3 is 2.64 bits per heavy atom. The van der Waals surface area contributed by atoms with Crippen LogP contribution in [0.15, 0.2) is 30.3 Å². The Morgan fingerprint density at radius 1 is 1.24 bits per heavy atom. The molecule has 0 bridgehead atoms. The van der Waals surface area contributed by atoms with E-state index in [-0.39, 0.29) is 5.91 Å². The highest BCUT2D eigenvalue weighted by Crippen LogP contribution is 2.16. The molecule has 1 amide bonds. The number of carbonyl (C=O) groups is 1. The number of fused-ring (bicyclic) bond motifs is 1. The Morgan fingerprint density at radius 2 is 1.96 bits per heavy atom. The lowest BCUT2D eigenvalue weighted by Crippen LogP contribution is -2.29. The summed E-state index contributed by atoms with van der Waals surface area (Å²) in [6.07, 6.45) is 1.94. The molecule has 2 aromatic rings. The van der Waals surface area contributed by atoms with Crippen molar-refractivity contribution in [2.45, 2.75) is 33.0 Å². The highest BCUT2D eigenvalue weighted by atomic mass is 32.2. The van der Waals surface area contributed by atoms with E-state index in [0.717, 1.165) is 23.4 Å². The number of aryl methyl sites for hydroxylation is 2. The van der Waals surface area contributed by atoms with Crippen molar-refractivity contribution in [3.8, 4) is 0 Å². The largest absolute Gasteiger partial charge is 0.346 e. The van der Waals surface area contributed by atoms with E-state index in [1.54, 1.807) is 12.1 Å². The predicted molar refractivity (Wildman–Crippen MR) is 94.4 cm³/mol. The van der Waals surface area contributed by atoms with Crippen LogP contribution in [0.4, 0.5) is 0 Å². The molecule has 134 valence electrons. The smallest absolute Gasteiger partial charge is 0.251 e. The van der Waals surface area contributed by atoms with Crippen LogP contribution in [0.1, 0.15) is 33.7 Å². The molecule has 0 atom stereocenters. The molecule has 0 saturated carbocycles. The van der Waals surface area contributed by atoms with Crippen molar-refractivity contribution in [1.82, 2.24) is 19.4 Å². The fourth-order valence-corrected chi connectivity index (χ4v) is 3.67. The molecule has 2 heterocycles. The molecule has 1 aliphatic rings. The van der Waals surface area contributed by atoms with Crippen LogP contribution in [0.2, 0.25) is 0 Å². The molecule has 1 aliphatic heterocycles. The maximum atomic E-state index is 12.2. The number of benzene rings is 1. The number of nitrogens with one attached hydrogen (secondary N) is 1. The monoisotopic (exact) mass is 362 g/mol. The predicted octanol–water partition coefficient (Wildman–Crippen LogP) is 1.29. The van der Waals surface area contributed by atoms with E-state index in [1.807, 2.05) is 29.8 Å². The Labute approximate surface area is 147 Å². The summed E-state index contributed by atoms with van der Waals surface area (Å²) in [5.74, 6) is -0.152. The van der Waals surface area contributed by atoms with Gasteiger partial charge in [-0.25, -0.2) is 8.42 Å². The van der Waals surface area contributed by atoms with Gasteiger partial charge in [0.25, 0.3) is 5.91 Å². The van der Waals surface area contributed by atoms with Crippen molar-refractivity contribution in [2.75, 3.05) is 12.8 Å². The summed E-state index contributed by atoms with van der Waals surface area (Å²) < 4.78 is 26.9. The van der Waals surface area contributed by atoms with Gasteiger partial charge < -0.3 is 5.32 Å². The van der Waals surface area contributed by atoms with E-state index < -0.39 is 10.0 Å². The van der Waals surface area contributed by atoms with Gasteiger partial charge in [-0.05, 0) is 31.5 Å². The van der Waals surface area contributed by atoms with E-state index in [2.05, 4.69) is 10.4 Å². The minimum atomic E-state index is -3.23. The van der Waals surface area contributed by atoms with E-state index in [1.165, 1.54) is 10.6 Å². The summed E-state index contributed by atoms with van der Waals surface area (Å²) in [6, 6.07) is 9.23. The molecular weight excluding hydrogens is 340 g/mol. The van der Waals surface area contributed by atoms with Crippen molar-refractivity contribution >= 4 is 15.9 Å². The maximum absolute atomic E-state index is 12.2. The van der Waals surface area contributed by atoms with Gasteiger partial charge in [-0.1, -0.05) is 17.7 Å². The second-order valence-corrected chi connectivity index (χ2v) is 8.33. The van der Waals surface area contributed by atoms with Gasteiger partial charge >= 0.3 is 0 Å². The van der Waals surface area contributed by atoms with E-state index >= 15 is 0 Å². The minimum absolute atomic E-state index is 0.152. The zero-order chi connectivity index (χ0) is 18.0. The zero-order valence-electron chi connectivity index (χ0n) is 14.4. The van der Waals surface area contributed by atoms with Crippen molar-refractivity contribution < 1.29 is 13.2 Å². The SMILES string of the molecule is Cc1ccc(C(=O)NCc2cc3n(n2)CCCN(S(C)(=O)=O)C3)cc1. The van der Waals surface area contributed by atoms with Crippen LogP contribution in [0, 0.1) is 6.92 Å². The van der Waals surface area contributed by atoms with Crippen LogP contribution in [0.25, 0.3) is 0 Å². The van der Waals surface area contributed by atoms with Gasteiger partial charge in [-0.15, -0.1) is 0 Å². The fraction of sp³-hybridized carbons (Fsp3) is 0.412. The first-order valence-corrected chi connectivity index (χ1v) is 10.0. The summed E-state index contributed by atoms with van der Waals surface area (Å²) in [5.41, 5.74) is 3.28. The third kappa shape index (κ3) is 4.26. The molecule has 25 heavy (non-hydrogen) atoms. The molecule has 3 rings (SSSR count). The van der Waals surface area contributed by atoms with Crippen LogP contribution in [-0.2, 0) is 29.7 Å².